The summed E-state index contributed by atoms with van der Waals surface area (Å²) in [5.74, 6) is -2.48. The van der Waals surface area contributed by atoms with Gasteiger partial charge in [-0.25, -0.2) is 0 Å². The van der Waals surface area contributed by atoms with Crippen molar-refractivity contribution in [3.05, 3.63) is 60.2 Å². The number of hydrogen-bond donors (Lipinski definition) is 0. The second-order valence-electron chi connectivity index (χ2n) is 3.00. The van der Waals surface area contributed by atoms with Gasteiger partial charge < -0.3 is 36.2 Å². The van der Waals surface area contributed by atoms with Crippen molar-refractivity contribution in [2.45, 2.75) is 0 Å². The third kappa shape index (κ3) is 10.6. The molecular weight excluding hydrogens is 308 g/mol. The number of pyridine rings is 2. The molecule has 0 aromatic carbocycles. The van der Waals surface area contributed by atoms with Gasteiger partial charge in [-0.2, -0.15) is 0 Å². The van der Waals surface area contributed by atoms with Crippen LogP contribution in [0.1, 0.15) is 21.0 Å². The van der Waals surface area contributed by atoms with Gasteiger partial charge >= 0.3 is 23.1 Å². The molecule has 116 valence electrons. The minimum atomic E-state index is -1.24. The van der Waals surface area contributed by atoms with Gasteiger partial charge in [-0.15, -0.1) is 0 Å². The molecule has 0 saturated heterocycles. The quantitative estimate of drug-likeness (QED) is 0.504. The Morgan fingerprint density at radius 3 is 1.18 bits per heavy atom. The van der Waals surface area contributed by atoms with Gasteiger partial charge in [0.15, 0.2) is 0 Å². The molecule has 2 aromatic rings. The molecule has 0 fully saturated rings. The first-order valence-electron chi connectivity index (χ1n) is 4.86. The molecule has 10 heteroatoms. The van der Waals surface area contributed by atoms with Crippen LogP contribution in [0, 0.1) is 0 Å². The molecule has 0 radical (unpaired) electrons. The third-order valence-electron chi connectivity index (χ3n) is 1.75. The van der Waals surface area contributed by atoms with E-state index in [0.29, 0.717) is 0 Å². The van der Waals surface area contributed by atoms with Crippen molar-refractivity contribution in [3.63, 3.8) is 0 Å². The SMILES string of the molecule is O.O.O.O=C([O-])c1ccccn1.O=C([O-])c1ccccn1.[Mg+2]. The summed E-state index contributed by atoms with van der Waals surface area (Å²) in [4.78, 5) is 27.1. The van der Waals surface area contributed by atoms with Crippen LogP contribution in [0.25, 0.3) is 0 Å². The van der Waals surface area contributed by atoms with E-state index < -0.39 is 11.9 Å². The first-order valence-corrected chi connectivity index (χ1v) is 4.86. The maximum absolute atomic E-state index is 10.0. The molecule has 2 heterocycles. The fourth-order valence-corrected chi connectivity index (χ4v) is 0.967. The number of aromatic nitrogens is 2. The van der Waals surface area contributed by atoms with E-state index in [0.717, 1.165) is 0 Å². The first-order chi connectivity index (χ1) is 8.61. The van der Waals surface area contributed by atoms with Crippen LogP contribution in [0.2, 0.25) is 0 Å². The van der Waals surface area contributed by atoms with Crippen LogP contribution in [0.5, 0.6) is 0 Å². The fourth-order valence-electron chi connectivity index (χ4n) is 0.967. The zero-order valence-corrected chi connectivity index (χ0v) is 12.8. The topological polar surface area (TPSA) is 201 Å². The Morgan fingerprint density at radius 1 is 0.727 bits per heavy atom. The molecule has 0 aliphatic rings. The summed E-state index contributed by atoms with van der Waals surface area (Å²) in [7, 11) is 0. The summed E-state index contributed by atoms with van der Waals surface area (Å²) in [6.45, 7) is 0. The van der Waals surface area contributed by atoms with Crippen LogP contribution in [-0.2, 0) is 0 Å². The Balaban J connectivity index is -0.000000125. The summed E-state index contributed by atoms with van der Waals surface area (Å²) in [6, 6.07) is 9.25. The average molecular weight is 323 g/mol. The first kappa shape index (κ1) is 28.1. The van der Waals surface area contributed by atoms with E-state index in [9.17, 15) is 19.8 Å². The largest absolute Gasteiger partial charge is 2.00 e. The van der Waals surface area contributed by atoms with E-state index in [-0.39, 0.29) is 50.9 Å². The molecule has 0 unspecified atom stereocenters. The number of hydrogen-bond acceptors (Lipinski definition) is 6. The van der Waals surface area contributed by atoms with Crippen LogP contribution in [0.3, 0.4) is 0 Å². The van der Waals surface area contributed by atoms with Crippen LogP contribution >= 0.6 is 0 Å². The molecule has 0 saturated carbocycles. The van der Waals surface area contributed by atoms with Crippen molar-refractivity contribution in [1.82, 2.24) is 9.97 Å². The van der Waals surface area contributed by atoms with Gasteiger partial charge in [-0.05, 0) is 24.3 Å². The van der Waals surface area contributed by atoms with Crippen molar-refractivity contribution in [1.29, 1.82) is 0 Å². The van der Waals surface area contributed by atoms with E-state index in [1.54, 1.807) is 24.3 Å². The Hall–Kier alpha value is -2.11. The van der Waals surface area contributed by atoms with E-state index in [1.807, 2.05) is 0 Å². The normalized spacial score (nSPS) is 7.27. The molecular formula is C12H14MgN2O7. The molecule has 6 N–H and O–H groups in total. The zero-order chi connectivity index (χ0) is 13.4. The van der Waals surface area contributed by atoms with Gasteiger partial charge in [-0.1, -0.05) is 12.1 Å². The number of carbonyl (C=O) groups is 2. The number of nitrogens with zero attached hydrogens (tertiary/aromatic N) is 2. The van der Waals surface area contributed by atoms with Crippen molar-refractivity contribution < 1.29 is 36.2 Å². The summed E-state index contributed by atoms with van der Waals surface area (Å²) < 4.78 is 0. The van der Waals surface area contributed by atoms with E-state index in [4.69, 9.17) is 0 Å². The standard InChI is InChI=1S/2C6H5NO2.Mg.3H2O/c2*8-6(9)5-3-1-2-4-7-5;;;;/h2*1-4H,(H,8,9);;3*1H2/q;;+2;;;/p-2. The molecule has 22 heavy (non-hydrogen) atoms. The van der Waals surface area contributed by atoms with Crippen LogP contribution in [0.4, 0.5) is 0 Å². The Labute approximate surface area is 141 Å². The Bertz CT molecular complexity index is 476. The number of aromatic carboxylic acids is 2. The molecule has 2 aromatic heterocycles. The van der Waals surface area contributed by atoms with Gasteiger partial charge in [0.1, 0.15) is 0 Å². The van der Waals surface area contributed by atoms with Gasteiger partial charge in [0, 0.05) is 12.4 Å². The minimum absolute atomic E-state index is 0. The summed E-state index contributed by atoms with van der Waals surface area (Å²) in [5.41, 5.74) is -0.0602. The van der Waals surface area contributed by atoms with Gasteiger partial charge in [0.25, 0.3) is 0 Å². The van der Waals surface area contributed by atoms with Crippen molar-refractivity contribution in [2.24, 2.45) is 0 Å². The second kappa shape index (κ2) is 15.3. The molecule has 0 aliphatic carbocycles. The van der Waals surface area contributed by atoms with Crippen molar-refractivity contribution in [3.8, 4) is 0 Å². The maximum Gasteiger partial charge on any atom is 2.00 e. The number of carbonyl (C=O) groups excluding carboxylic acids is 2. The Kier molecular flexibility index (Phi) is 19.5. The van der Waals surface area contributed by atoms with Crippen LogP contribution in [-0.4, -0.2) is 61.4 Å². The predicted molar refractivity (Wildman–Crippen MR) is 73.7 cm³/mol. The van der Waals surface area contributed by atoms with Crippen molar-refractivity contribution in [2.75, 3.05) is 0 Å². The third-order valence-corrected chi connectivity index (χ3v) is 1.75. The summed E-state index contributed by atoms with van der Waals surface area (Å²) in [5, 5.41) is 20.1. The summed E-state index contributed by atoms with van der Waals surface area (Å²) >= 11 is 0. The smallest absolute Gasteiger partial charge is 0.543 e. The number of carboxylic acids is 2. The van der Waals surface area contributed by atoms with Gasteiger partial charge in [-0.3, -0.25) is 9.97 Å². The van der Waals surface area contributed by atoms with Crippen molar-refractivity contribution >= 4 is 35.0 Å². The molecule has 9 nitrogen and oxygen atoms in total. The molecule has 0 bridgehead atoms. The van der Waals surface area contributed by atoms with Crippen LogP contribution in [0.15, 0.2) is 48.8 Å². The van der Waals surface area contributed by atoms with Gasteiger partial charge in [0.05, 0.1) is 23.3 Å². The van der Waals surface area contributed by atoms with Crippen LogP contribution < -0.4 is 10.2 Å². The maximum atomic E-state index is 10.0. The molecule has 2 rings (SSSR count). The van der Waals surface area contributed by atoms with E-state index >= 15 is 0 Å². The molecule has 0 amide bonds. The molecule has 0 atom stereocenters. The zero-order valence-electron chi connectivity index (χ0n) is 11.4. The average Bonchev–Trinajstić information content (AvgIpc) is 2.41. The Morgan fingerprint density at radius 2 is 1.05 bits per heavy atom. The fraction of sp³-hybridized carbons (Fsp3) is 0. The number of carboxylic acid groups (broad SMARTS) is 2. The monoisotopic (exact) mass is 322 g/mol. The molecule has 0 aliphatic heterocycles. The van der Waals surface area contributed by atoms with E-state index in [2.05, 4.69) is 9.97 Å². The second-order valence-corrected chi connectivity index (χ2v) is 3.00. The minimum Gasteiger partial charge on any atom is -0.543 e. The number of rotatable bonds is 2. The predicted octanol–water partition coefficient (Wildman–Crippen LogP) is -3.96. The van der Waals surface area contributed by atoms with E-state index in [1.165, 1.54) is 24.5 Å². The summed E-state index contributed by atoms with van der Waals surface area (Å²) in [6.07, 6.45) is 2.82. The molecule has 0 spiro atoms. The van der Waals surface area contributed by atoms with Gasteiger partial charge in [0.2, 0.25) is 0 Å².